The Hall–Kier alpha value is -0.680. The molecule has 0 aliphatic rings. The van der Waals surface area contributed by atoms with E-state index in [2.05, 4.69) is 14.7 Å². The highest BCUT2D eigenvalue weighted by atomic mass is 32.1. The highest BCUT2D eigenvalue weighted by Gasteiger charge is 1.99. The number of nitrogens with zero attached hydrogens (tertiary/aromatic N) is 2. The summed E-state index contributed by atoms with van der Waals surface area (Å²) in [6.45, 7) is 3.00. The van der Waals surface area contributed by atoms with E-state index >= 15 is 0 Å². The van der Waals surface area contributed by atoms with Crippen LogP contribution in [0.2, 0.25) is 0 Å². The van der Waals surface area contributed by atoms with Gasteiger partial charge in [0, 0.05) is 31.1 Å². The molecule has 0 aliphatic carbocycles. The molecule has 1 aromatic rings. The van der Waals surface area contributed by atoms with E-state index in [1.54, 1.807) is 0 Å². The average molecular weight is 187 g/mol. The number of anilines is 1. The molecule has 1 heterocycles. The summed E-state index contributed by atoms with van der Waals surface area (Å²) in [7, 11) is 0. The van der Waals surface area contributed by atoms with Gasteiger partial charge in [0.1, 0.15) is 5.82 Å². The van der Waals surface area contributed by atoms with E-state index in [0.29, 0.717) is 0 Å². The Bertz CT molecular complexity index is 226. The van der Waals surface area contributed by atoms with E-state index in [4.69, 9.17) is 5.11 Å². The molecule has 2 N–H and O–H groups in total. The Morgan fingerprint density at radius 2 is 2.42 bits per heavy atom. The van der Waals surface area contributed by atoms with E-state index in [1.807, 2.05) is 6.92 Å². The minimum Gasteiger partial charge on any atom is -0.396 e. The normalized spacial score (nSPS) is 10.2. The van der Waals surface area contributed by atoms with Gasteiger partial charge < -0.3 is 10.4 Å². The standard InChI is InChI=1S/C7H13N3OS/c1-2-6-9-7(12-10-6)8-4-3-5-11/h11H,2-5H2,1H3,(H,8,9,10). The van der Waals surface area contributed by atoms with E-state index in [0.717, 1.165) is 30.3 Å². The Morgan fingerprint density at radius 3 is 3.00 bits per heavy atom. The molecule has 5 heteroatoms. The summed E-state index contributed by atoms with van der Waals surface area (Å²) < 4.78 is 4.12. The zero-order valence-electron chi connectivity index (χ0n) is 7.08. The van der Waals surface area contributed by atoms with Crippen molar-refractivity contribution in [3.05, 3.63) is 5.82 Å². The van der Waals surface area contributed by atoms with Crippen LogP contribution in [0.5, 0.6) is 0 Å². The van der Waals surface area contributed by atoms with Gasteiger partial charge in [-0.25, -0.2) is 4.98 Å². The fourth-order valence-electron chi connectivity index (χ4n) is 0.744. The van der Waals surface area contributed by atoms with Crippen molar-refractivity contribution in [2.45, 2.75) is 19.8 Å². The van der Waals surface area contributed by atoms with Crippen LogP contribution in [0.3, 0.4) is 0 Å². The Labute approximate surface area is 75.8 Å². The third-order valence-electron chi connectivity index (χ3n) is 1.40. The van der Waals surface area contributed by atoms with Gasteiger partial charge in [-0.15, -0.1) is 0 Å². The molecule has 0 radical (unpaired) electrons. The van der Waals surface area contributed by atoms with E-state index in [-0.39, 0.29) is 6.61 Å². The van der Waals surface area contributed by atoms with Crippen molar-refractivity contribution in [2.24, 2.45) is 0 Å². The Morgan fingerprint density at radius 1 is 1.58 bits per heavy atom. The van der Waals surface area contributed by atoms with E-state index in [1.165, 1.54) is 11.5 Å². The lowest BCUT2D eigenvalue weighted by molar-refractivity contribution is 0.292. The zero-order chi connectivity index (χ0) is 8.81. The third kappa shape index (κ3) is 2.75. The van der Waals surface area contributed by atoms with Crippen LogP contribution in [-0.2, 0) is 6.42 Å². The van der Waals surface area contributed by atoms with Gasteiger partial charge in [0.2, 0.25) is 5.13 Å². The molecule has 0 aromatic carbocycles. The Balaban J connectivity index is 2.31. The summed E-state index contributed by atoms with van der Waals surface area (Å²) in [6, 6.07) is 0. The molecule has 1 rings (SSSR count). The van der Waals surface area contributed by atoms with Crippen LogP contribution in [0.25, 0.3) is 0 Å². The second-order valence-corrected chi connectivity index (χ2v) is 3.13. The lowest BCUT2D eigenvalue weighted by Crippen LogP contribution is -2.02. The number of hydrogen-bond donors (Lipinski definition) is 2. The summed E-state index contributed by atoms with van der Waals surface area (Å²) >= 11 is 1.37. The first kappa shape index (κ1) is 9.41. The number of aliphatic hydroxyl groups excluding tert-OH is 1. The lowest BCUT2D eigenvalue weighted by Gasteiger charge is -1.97. The fraction of sp³-hybridized carbons (Fsp3) is 0.714. The van der Waals surface area contributed by atoms with Gasteiger partial charge in [0.25, 0.3) is 0 Å². The molecular weight excluding hydrogens is 174 g/mol. The molecule has 68 valence electrons. The van der Waals surface area contributed by atoms with Crippen LogP contribution >= 0.6 is 11.5 Å². The average Bonchev–Trinajstić information content (AvgIpc) is 2.53. The maximum atomic E-state index is 8.52. The molecule has 1 aromatic heterocycles. The maximum absolute atomic E-state index is 8.52. The Kier molecular flexibility index (Phi) is 3.96. The van der Waals surface area contributed by atoms with Crippen molar-refractivity contribution in [3.8, 4) is 0 Å². The monoisotopic (exact) mass is 187 g/mol. The molecule has 0 spiro atoms. The predicted octanol–water partition coefficient (Wildman–Crippen LogP) is 0.895. The third-order valence-corrected chi connectivity index (χ3v) is 2.11. The van der Waals surface area contributed by atoms with E-state index in [9.17, 15) is 0 Å². The zero-order valence-corrected chi connectivity index (χ0v) is 7.89. The van der Waals surface area contributed by atoms with Crippen LogP contribution in [0.4, 0.5) is 5.13 Å². The van der Waals surface area contributed by atoms with Crippen molar-refractivity contribution in [2.75, 3.05) is 18.5 Å². The number of aromatic nitrogens is 2. The van der Waals surface area contributed by atoms with Crippen LogP contribution in [0, 0.1) is 0 Å². The smallest absolute Gasteiger partial charge is 0.202 e. The van der Waals surface area contributed by atoms with Crippen molar-refractivity contribution in [1.82, 2.24) is 9.36 Å². The summed E-state index contributed by atoms with van der Waals surface area (Å²) in [5, 5.41) is 12.5. The van der Waals surface area contributed by atoms with Crippen LogP contribution < -0.4 is 5.32 Å². The molecule has 0 saturated heterocycles. The first-order valence-corrected chi connectivity index (χ1v) is 4.81. The summed E-state index contributed by atoms with van der Waals surface area (Å²) in [6.07, 6.45) is 1.62. The van der Waals surface area contributed by atoms with Gasteiger partial charge in [-0.1, -0.05) is 6.92 Å². The largest absolute Gasteiger partial charge is 0.396 e. The van der Waals surface area contributed by atoms with Crippen molar-refractivity contribution < 1.29 is 5.11 Å². The first-order valence-electron chi connectivity index (χ1n) is 4.04. The molecule has 0 aliphatic heterocycles. The number of aryl methyl sites for hydroxylation is 1. The quantitative estimate of drug-likeness (QED) is 0.672. The number of hydrogen-bond acceptors (Lipinski definition) is 5. The van der Waals surface area contributed by atoms with E-state index < -0.39 is 0 Å². The molecule has 0 unspecified atom stereocenters. The highest BCUT2D eigenvalue weighted by molar-refractivity contribution is 7.09. The second kappa shape index (κ2) is 5.05. The van der Waals surface area contributed by atoms with Crippen molar-refractivity contribution >= 4 is 16.7 Å². The molecule has 12 heavy (non-hydrogen) atoms. The van der Waals surface area contributed by atoms with Gasteiger partial charge in [-0.3, -0.25) is 0 Å². The summed E-state index contributed by atoms with van der Waals surface area (Å²) in [4.78, 5) is 4.22. The molecule has 0 saturated carbocycles. The van der Waals surface area contributed by atoms with Crippen LogP contribution in [0.15, 0.2) is 0 Å². The molecule has 0 fully saturated rings. The second-order valence-electron chi connectivity index (χ2n) is 2.37. The van der Waals surface area contributed by atoms with Crippen LogP contribution in [-0.4, -0.2) is 27.6 Å². The number of rotatable bonds is 5. The van der Waals surface area contributed by atoms with Gasteiger partial charge >= 0.3 is 0 Å². The molecule has 0 bridgehead atoms. The lowest BCUT2D eigenvalue weighted by atomic mass is 10.4. The van der Waals surface area contributed by atoms with Gasteiger partial charge in [-0.2, -0.15) is 4.37 Å². The van der Waals surface area contributed by atoms with Gasteiger partial charge in [0.15, 0.2) is 0 Å². The summed E-state index contributed by atoms with van der Waals surface area (Å²) in [5.74, 6) is 0.881. The minimum absolute atomic E-state index is 0.215. The highest BCUT2D eigenvalue weighted by Crippen LogP contribution is 2.10. The molecule has 0 atom stereocenters. The van der Waals surface area contributed by atoms with Gasteiger partial charge in [0.05, 0.1) is 0 Å². The molecule has 0 amide bonds. The predicted molar refractivity (Wildman–Crippen MR) is 49.5 cm³/mol. The minimum atomic E-state index is 0.215. The molecule has 4 nitrogen and oxygen atoms in total. The number of aliphatic hydroxyl groups is 1. The maximum Gasteiger partial charge on any atom is 0.202 e. The topological polar surface area (TPSA) is 58.0 Å². The fourth-order valence-corrected chi connectivity index (χ4v) is 1.42. The van der Waals surface area contributed by atoms with Crippen molar-refractivity contribution in [1.29, 1.82) is 0 Å². The summed E-state index contributed by atoms with van der Waals surface area (Å²) in [5.41, 5.74) is 0. The van der Waals surface area contributed by atoms with Gasteiger partial charge in [-0.05, 0) is 6.42 Å². The molecular formula is C7H13N3OS. The van der Waals surface area contributed by atoms with Crippen molar-refractivity contribution in [3.63, 3.8) is 0 Å². The first-order chi connectivity index (χ1) is 5.86. The van der Waals surface area contributed by atoms with Crippen LogP contribution in [0.1, 0.15) is 19.2 Å². The SMILES string of the molecule is CCc1nsc(NCCCO)n1. The number of nitrogens with one attached hydrogen (secondary N) is 1.